The molecule has 1 saturated heterocycles. The van der Waals surface area contributed by atoms with Gasteiger partial charge in [0.2, 0.25) is 0 Å². The Bertz CT molecular complexity index is 836. The van der Waals surface area contributed by atoms with Crippen LogP contribution < -0.4 is 0 Å². The average Bonchev–Trinajstić information content (AvgIpc) is 2.97. The van der Waals surface area contributed by atoms with Gasteiger partial charge in [-0.05, 0) is 12.1 Å². The van der Waals surface area contributed by atoms with Crippen LogP contribution in [0.4, 0.5) is 0 Å². The molecule has 0 aliphatic carbocycles. The van der Waals surface area contributed by atoms with Crippen molar-refractivity contribution in [3.05, 3.63) is 71.6 Å². The fraction of sp³-hybridized carbons (Fsp3) is 0.250. The van der Waals surface area contributed by atoms with Gasteiger partial charge in [-0.15, -0.1) is 0 Å². The van der Waals surface area contributed by atoms with Crippen LogP contribution in [0.1, 0.15) is 17.3 Å². The number of likely N-dealkylation sites (tertiary alicyclic amines) is 1. The van der Waals surface area contributed by atoms with E-state index in [1.807, 2.05) is 0 Å². The Balaban J connectivity index is 2.03. The SMILES string of the molecule is O=C1C(=O)N(CCOCCO)C(c2ccccn2)/C1=C(/O)c1ccccc1. The lowest BCUT2D eigenvalue weighted by Crippen LogP contribution is -2.33. The molecular formula is C20H20N2O5. The maximum Gasteiger partial charge on any atom is 0.295 e. The number of aliphatic hydroxyl groups excluding tert-OH is 2. The topological polar surface area (TPSA) is 100.0 Å². The maximum absolute atomic E-state index is 12.7. The summed E-state index contributed by atoms with van der Waals surface area (Å²) >= 11 is 0. The van der Waals surface area contributed by atoms with Crippen molar-refractivity contribution in [2.75, 3.05) is 26.4 Å². The van der Waals surface area contributed by atoms with Gasteiger partial charge < -0.3 is 19.8 Å². The molecule has 2 heterocycles. The van der Waals surface area contributed by atoms with Crippen molar-refractivity contribution in [3.63, 3.8) is 0 Å². The lowest BCUT2D eigenvalue weighted by molar-refractivity contribution is -0.140. The quantitative estimate of drug-likeness (QED) is 0.333. The summed E-state index contributed by atoms with van der Waals surface area (Å²) in [6, 6.07) is 13.0. The molecule has 27 heavy (non-hydrogen) atoms. The Labute approximate surface area is 156 Å². The molecule has 1 atom stereocenters. The molecule has 1 aromatic carbocycles. The van der Waals surface area contributed by atoms with E-state index in [0.717, 1.165) is 0 Å². The Morgan fingerprint density at radius 3 is 2.48 bits per heavy atom. The van der Waals surface area contributed by atoms with Crippen LogP contribution in [-0.2, 0) is 14.3 Å². The number of rotatable bonds is 7. The molecule has 1 aromatic heterocycles. The molecule has 1 aliphatic heterocycles. The minimum absolute atomic E-state index is 0.00654. The van der Waals surface area contributed by atoms with Crippen LogP contribution in [0.2, 0.25) is 0 Å². The van der Waals surface area contributed by atoms with Gasteiger partial charge in [0.25, 0.3) is 11.7 Å². The van der Waals surface area contributed by atoms with E-state index in [0.29, 0.717) is 11.3 Å². The third-order valence-corrected chi connectivity index (χ3v) is 4.27. The Kier molecular flexibility index (Phi) is 5.95. The second-order valence-corrected chi connectivity index (χ2v) is 5.95. The Hall–Kier alpha value is -3.03. The van der Waals surface area contributed by atoms with Crippen molar-refractivity contribution in [1.29, 1.82) is 0 Å². The number of hydrogen-bond donors (Lipinski definition) is 2. The molecule has 3 rings (SSSR count). The van der Waals surface area contributed by atoms with Crippen molar-refractivity contribution in [2.24, 2.45) is 0 Å². The number of nitrogens with zero attached hydrogens (tertiary/aromatic N) is 2. The van der Waals surface area contributed by atoms with E-state index in [1.165, 1.54) is 4.90 Å². The first-order valence-corrected chi connectivity index (χ1v) is 8.58. The molecule has 0 saturated carbocycles. The molecule has 0 radical (unpaired) electrons. The molecule has 7 nitrogen and oxygen atoms in total. The fourth-order valence-electron chi connectivity index (χ4n) is 3.04. The van der Waals surface area contributed by atoms with Crippen LogP contribution in [-0.4, -0.2) is 58.2 Å². The van der Waals surface area contributed by atoms with Gasteiger partial charge in [0, 0.05) is 18.3 Å². The Morgan fingerprint density at radius 2 is 1.81 bits per heavy atom. The molecule has 1 fully saturated rings. The molecule has 0 spiro atoms. The summed E-state index contributed by atoms with van der Waals surface area (Å²) in [6.07, 6.45) is 1.57. The van der Waals surface area contributed by atoms with Crippen LogP contribution in [0.5, 0.6) is 0 Å². The number of benzene rings is 1. The molecule has 1 amide bonds. The van der Waals surface area contributed by atoms with E-state index >= 15 is 0 Å². The first-order chi connectivity index (χ1) is 13.1. The zero-order valence-electron chi connectivity index (χ0n) is 14.6. The number of aromatic nitrogens is 1. The lowest BCUT2D eigenvalue weighted by atomic mass is 9.98. The monoisotopic (exact) mass is 368 g/mol. The van der Waals surface area contributed by atoms with E-state index in [-0.39, 0.29) is 37.7 Å². The highest BCUT2D eigenvalue weighted by molar-refractivity contribution is 6.46. The number of hydrogen-bond acceptors (Lipinski definition) is 6. The van der Waals surface area contributed by atoms with Crippen LogP contribution in [0.25, 0.3) is 5.76 Å². The minimum Gasteiger partial charge on any atom is -0.507 e. The van der Waals surface area contributed by atoms with Crippen molar-refractivity contribution < 1.29 is 24.5 Å². The summed E-state index contributed by atoms with van der Waals surface area (Å²) in [7, 11) is 0. The Morgan fingerprint density at radius 1 is 1.07 bits per heavy atom. The minimum atomic E-state index is -0.802. The van der Waals surface area contributed by atoms with Gasteiger partial charge in [0.05, 0.1) is 31.1 Å². The second-order valence-electron chi connectivity index (χ2n) is 5.95. The summed E-state index contributed by atoms with van der Waals surface area (Å²) in [6.45, 7) is 0.304. The molecule has 2 N–H and O–H groups in total. The number of pyridine rings is 1. The van der Waals surface area contributed by atoms with Gasteiger partial charge in [0.1, 0.15) is 11.8 Å². The van der Waals surface area contributed by atoms with Crippen LogP contribution in [0.3, 0.4) is 0 Å². The van der Waals surface area contributed by atoms with Gasteiger partial charge >= 0.3 is 0 Å². The van der Waals surface area contributed by atoms with Crippen molar-refractivity contribution in [3.8, 4) is 0 Å². The molecule has 0 bridgehead atoms. The predicted octanol–water partition coefficient (Wildman–Crippen LogP) is 1.51. The molecule has 2 aromatic rings. The largest absolute Gasteiger partial charge is 0.507 e. The van der Waals surface area contributed by atoms with Crippen LogP contribution in [0, 0.1) is 0 Å². The summed E-state index contributed by atoms with van der Waals surface area (Å²) in [5.74, 6) is -1.70. The fourth-order valence-corrected chi connectivity index (χ4v) is 3.04. The van der Waals surface area contributed by atoms with Crippen LogP contribution >= 0.6 is 0 Å². The summed E-state index contributed by atoms with van der Waals surface area (Å²) in [5.41, 5.74) is 0.941. The number of carbonyl (C=O) groups excluding carboxylic acids is 2. The van der Waals surface area contributed by atoms with Crippen molar-refractivity contribution in [1.82, 2.24) is 9.88 Å². The van der Waals surface area contributed by atoms with Crippen molar-refractivity contribution >= 4 is 17.4 Å². The van der Waals surface area contributed by atoms with E-state index in [1.54, 1.807) is 54.7 Å². The summed E-state index contributed by atoms with van der Waals surface area (Å²) < 4.78 is 5.24. The molecule has 1 unspecified atom stereocenters. The number of aliphatic hydroxyl groups is 2. The maximum atomic E-state index is 12.7. The average molecular weight is 368 g/mol. The number of carbonyl (C=O) groups is 2. The van der Waals surface area contributed by atoms with E-state index < -0.39 is 17.7 Å². The zero-order valence-corrected chi connectivity index (χ0v) is 14.6. The predicted molar refractivity (Wildman–Crippen MR) is 97.6 cm³/mol. The standard InChI is InChI=1S/C20H20N2O5/c23-11-13-27-12-10-22-17(15-8-4-5-9-21-15)16(19(25)20(22)26)18(24)14-6-2-1-3-7-14/h1-9,17,23-24H,10-13H2/b18-16-. The first-order valence-electron chi connectivity index (χ1n) is 8.58. The molecule has 7 heteroatoms. The second kappa shape index (κ2) is 8.57. The highest BCUT2D eigenvalue weighted by Gasteiger charge is 2.46. The molecule has 1 aliphatic rings. The van der Waals surface area contributed by atoms with Crippen LogP contribution in [0.15, 0.2) is 60.3 Å². The third kappa shape index (κ3) is 3.89. The summed E-state index contributed by atoms with van der Waals surface area (Å²) in [5, 5.41) is 19.6. The van der Waals surface area contributed by atoms with E-state index in [9.17, 15) is 14.7 Å². The molecule has 140 valence electrons. The first kappa shape index (κ1) is 18.8. The zero-order chi connectivity index (χ0) is 19.2. The van der Waals surface area contributed by atoms with Gasteiger partial charge in [-0.1, -0.05) is 36.4 Å². The third-order valence-electron chi connectivity index (χ3n) is 4.27. The smallest absolute Gasteiger partial charge is 0.295 e. The van der Waals surface area contributed by atoms with Gasteiger partial charge in [-0.3, -0.25) is 14.6 Å². The summed E-state index contributed by atoms with van der Waals surface area (Å²) in [4.78, 5) is 30.9. The highest BCUT2D eigenvalue weighted by Crippen LogP contribution is 2.38. The number of Topliss-reactive ketones (excluding diaryl/α,β-unsaturated/α-hetero) is 1. The lowest BCUT2D eigenvalue weighted by Gasteiger charge is -2.24. The van der Waals surface area contributed by atoms with E-state index in [2.05, 4.69) is 4.98 Å². The van der Waals surface area contributed by atoms with Crippen molar-refractivity contribution in [2.45, 2.75) is 6.04 Å². The van der Waals surface area contributed by atoms with Gasteiger partial charge in [-0.2, -0.15) is 0 Å². The van der Waals surface area contributed by atoms with Gasteiger partial charge in [-0.25, -0.2) is 0 Å². The van der Waals surface area contributed by atoms with E-state index in [4.69, 9.17) is 9.84 Å². The van der Waals surface area contributed by atoms with Gasteiger partial charge in [0.15, 0.2) is 0 Å². The number of ketones is 1. The highest BCUT2D eigenvalue weighted by atomic mass is 16.5. The number of ether oxygens (including phenoxy) is 1. The normalized spacial score (nSPS) is 18.9. The number of amides is 1. The molecular weight excluding hydrogens is 348 g/mol.